The number of aromatic nitrogens is 2. The quantitative estimate of drug-likeness (QED) is 0.707. The predicted molar refractivity (Wildman–Crippen MR) is 63.8 cm³/mol. The summed E-state index contributed by atoms with van der Waals surface area (Å²) < 4.78 is 0. The minimum Gasteiger partial charge on any atom is -0.254 e. The van der Waals surface area contributed by atoms with Gasteiger partial charge in [-0.2, -0.15) is 0 Å². The van der Waals surface area contributed by atoms with Crippen molar-refractivity contribution in [2.45, 2.75) is 47.0 Å². The zero-order valence-corrected chi connectivity index (χ0v) is 10.0. The van der Waals surface area contributed by atoms with Gasteiger partial charge >= 0.3 is 0 Å². The van der Waals surface area contributed by atoms with Gasteiger partial charge in [0.15, 0.2) is 0 Å². The van der Waals surface area contributed by atoms with E-state index in [2.05, 4.69) is 28.8 Å². The van der Waals surface area contributed by atoms with Crippen LogP contribution in [0.5, 0.6) is 0 Å². The molecular formula is C12H19N3. The molecule has 3 nitrogen and oxygen atoms in total. The van der Waals surface area contributed by atoms with Crippen LogP contribution in [-0.4, -0.2) is 15.7 Å². The number of hydrogen-bond acceptors (Lipinski definition) is 3. The highest BCUT2D eigenvalue weighted by molar-refractivity contribution is 5.85. The zero-order chi connectivity index (χ0) is 11.3. The van der Waals surface area contributed by atoms with Crippen molar-refractivity contribution in [3.63, 3.8) is 0 Å². The highest BCUT2D eigenvalue weighted by atomic mass is 14.9. The van der Waals surface area contributed by atoms with Crippen LogP contribution in [-0.2, 0) is 0 Å². The number of nitrogens with zero attached hydrogens (tertiary/aromatic N) is 3. The third-order valence-electron chi connectivity index (χ3n) is 2.38. The fourth-order valence-corrected chi connectivity index (χ4v) is 1.43. The molecule has 0 aliphatic rings. The summed E-state index contributed by atoms with van der Waals surface area (Å²) in [6.07, 6.45) is 5.05. The largest absolute Gasteiger partial charge is 0.254 e. The Labute approximate surface area is 91.7 Å². The first-order valence-electron chi connectivity index (χ1n) is 5.47. The van der Waals surface area contributed by atoms with E-state index in [1.165, 1.54) is 12.8 Å². The maximum atomic E-state index is 4.59. The van der Waals surface area contributed by atoms with Gasteiger partial charge in [-0.15, -0.1) is 0 Å². The standard InChI is InChI=1S/C12H19N3/c1-5-6-7-9(2)15-12-10(3)13-8-14-11(12)4/h8H,5-7H2,1-4H3. The molecule has 1 aromatic heterocycles. The van der Waals surface area contributed by atoms with E-state index in [1.807, 2.05) is 13.8 Å². The molecule has 0 aliphatic heterocycles. The summed E-state index contributed by atoms with van der Waals surface area (Å²) in [5.74, 6) is 0. The number of aliphatic imine (C=N–C) groups is 1. The minimum atomic E-state index is 0.936. The van der Waals surface area contributed by atoms with Crippen molar-refractivity contribution in [1.29, 1.82) is 0 Å². The molecule has 0 amide bonds. The Morgan fingerprint density at radius 2 is 1.87 bits per heavy atom. The lowest BCUT2D eigenvalue weighted by Gasteiger charge is -2.04. The van der Waals surface area contributed by atoms with Crippen molar-refractivity contribution in [1.82, 2.24) is 9.97 Å². The molecular weight excluding hydrogens is 186 g/mol. The lowest BCUT2D eigenvalue weighted by molar-refractivity contribution is 0.832. The maximum Gasteiger partial charge on any atom is 0.116 e. The van der Waals surface area contributed by atoms with Crippen LogP contribution in [0.1, 0.15) is 44.5 Å². The number of unbranched alkanes of at least 4 members (excludes halogenated alkanes) is 1. The SMILES string of the molecule is CCCCC(C)=Nc1c(C)ncnc1C. The summed E-state index contributed by atoms with van der Waals surface area (Å²) >= 11 is 0. The molecule has 0 N–H and O–H groups in total. The van der Waals surface area contributed by atoms with E-state index in [0.29, 0.717) is 0 Å². The van der Waals surface area contributed by atoms with E-state index in [0.717, 1.165) is 29.2 Å². The Hall–Kier alpha value is -1.25. The molecule has 82 valence electrons. The average Bonchev–Trinajstić information content (AvgIpc) is 2.21. The van der Waals surface area contributed by atoms with Gasteiger partial charge in [-0.3, -0.25) is 4.99 Å². The Morgan fingerprint density at radius 1 is 1.27 bits per heavy atom. The van der Waals surface area contributed by atoms with E-state index in [1.54, 1.807) is 6.33 Å². The van der Waals surface area contributed by atoms with Crippen molar-refractivity contribution in [2.75, 3.05) is 0 Å². The Morgan fingerprint density at radius 3 is 2.40 bits per heavy atom. The summed E-state index contributed by atoms with van der Waals surface area (Å²) in [4.78, 5) is 12.9. The second-order valence-electron chi connectivity index (χ2n) is 3.84. The van der Waals surface area contributed by atoms with Gasteiger partial charge in [0, 0.05) is 5.71 Å². The van der Waals surface area contributed by atoms with E-state index in [-0.39, 0.29) is 0 Å². The first kappa shape index (κ1) is 11.8. The molecule has 1 heterocycles. The zero-order valence-electron chi connectivity index (χ0n) is 10.0. The molecule has 15 heavy (non-hydrogen) atoms. The van der Waals surface area contributed by atoms with Gasteiger partial charge in [-0.1, -0.05) is 13.3 Å². The second kappa shape index (κ2) is 5.59. The molecule has 0 aliphatic carbocycles. The molecule has 0 fully saturated rings. The molecule has 0 unspecified atom stereocenters. The first-order chi connectivity index (χ1) is 7.15. The van der Waals surface area contributed by atoms with E-state index >= 15 is 0 Å². The van der Waals surface area contributed by atoms with Crippen LogP contribution in [0.25, 0.3) is 0 Å². The fourth-order valence-electron chi connectivity index (χ4n) is 1.43. The van der Waals surface area contributed by atoms with Gasteiger partial charge in [0.1, 0.15) is 12.0 Å². The molecule has 0 aromatic carbocycles. The molecule has 3 heteroatoms. The van der Waals surface area contributed by atoms with Crippen LogP contribution in [0.2, 0.25) is 0 Å². The number of rotatable bonds is 4. The van der Waals surface area contributed by atoms with Gasteiger partial charge < -0.3 is 0 Å². The van der Waals surface area contributed by atoms with Gasteiger partial charge in [0.25, 0.3) is 0 Å². The monoisotopic (exact) mass is 205 g/mol. The maximum absolute atomic E-state index is 4.59. The first-order valence-corrected chi connectivity index (χ1v) is 5.47. The number of hydrogen-bond donors (Lipinski definition) is 0. The van der Waals surface area contributed by atoms with Crippen LogP contribution >= 0.6 is 0 Å². The van der Waals surface area contributed by atoms with Crippen molar-refractivity contribution in [3.05, 3.63) is 17.7 Å². The predicted octanol–water partition coefficient (Wildman–Crippen LogP) is 3.38. The summed E-state index contributed by atoms with van der Waals surface area (Å²) in [6.45, 7) is 8.21. The second-order valence-corrected chi connectivity index (χ2v) is 3.84. The Bertz CT molecular complexity index is 336. The van der Waals surface area contributed by atoms with Crippen molar-refractivity contribution >= 4 is 11.4 Å². The molecule has 0 saturated heterocycles. The Balaban J connectivity index is 2.87. The minimum absolute atomic E-state index is 0.936. The number of aryl methyl sites for hydroxylation is 2. The van der Waals surface area contributed by atoms with Gasteiger partial charge in [0.2, 0.25) is 0 Å². The van der Waals surface area contributed by atoms with Crippen molar-refractivity contribution in [3.8, 4) is 0 Å². The summed E-state index contributed by atoms with van der Waals surface area (Å²) in [7, 11) is 0. The third kappa shape index (κ3) is 3.42. The summed E-state index contributed by atoms with van der Waals surface area (Å²) in [5, 5.41) is 0. The molecule has 1 rings (SSSR count). The lowest BCUT2D eigenvalue weighted by atomic mass is 10.2. The van der Waals surface area contributed by atoms with E-state index < -0.39 is 0 Å². The third-order valence-corrected chi connectivity index (χ3v) is 2.38. The van der Waals surface area contributed by atoms with Crippen LogP contribution in [0.4, 0.5) is 5.69 Å². The van der Waals surface area contributed by atoms with Gasteiger partial charge in [0.05, 0.1) is 11.4 Å². The van der Waals surface area contributed by atoms with E-state index in [9.17, 15) is 0 Å². The lowest BCUT2D eigenvalue weighted by Crippen LogP contribution is -1.94. The smallest absolute Gasteiger partial charge is 0.116 e. The van der Waals surface area contributed by atoms with Crippen molar-refractivity contribution < 1.29 is 0 Å². The fraction of sp³-hybridized carbons (Fsp3) is 0.583. The van der Waals surface area contributed by atoms with Gasteiger partial charge in [-0.05, 0) is 33.6 Å². The summed E-state index contributed by atoms with van der Waals surface area (Å²) in [6, 6.07) is 0. The topological polar surface area (TPSA) is 38.1 Å². The average molecular weight is 205 g/mol. The molecule has 0 saturated carbocycles. The molecule has 1 aromatic rings. The molecule has 0 radical (unpaired) electrons. The highest BCUT2D eigenvalue weighted by Gasteiger charge is 2.03. The van der Waals surface area contributed by atoms with Crippen molar-refractivity contribution in [2.24, 2.45) is 4.99 Å². The Kier molecular flexibility index (Phi) is 4.40. The van der Waals surface area contributed by atoms with Crippen LogP contribution < -0.4 is 0 Å². The normalized spacial score (nSPS) is 11.9. The summed E-state index contributed by atoms with van der Waals surface area (Å²) in [5.41, 5.74) is 4.01. The molecule has 0 atom stereocenters. The van der Waals surface area contributed by atoms with E-state index in [4.69, 9.17) is 0 Å². The van der Waals surface area contributed by atoms with Gasteiger partial charge in [-0.25, -0.2) is 9.97 Å². The van der Waals surface area contributed by atoms with Crippen LogP contribution in [0.15, 0.2) is 11.3 Å². The molecule has 0 bridgehead atoms. The highest BCUT2D eigenvalue weighted by Crippen LogP contribution is 2.19. The molecule has 0 spiro atoms. The van der Waals surface area contributed by atoms with Crippen LogP contribution in [0, 0.1) is 13.8 Å². The van der Waals surface area contributed by atoms with Crippen LogP contribution in [0.3, 0.4) is 0 Å².